The van der Waals surface area contributed by atoms with E-state index in [2.05, 4.69) is 20.8 Å². The Kier molecular flexibility index (Phi) is 2.95. The van der Waals surface area contributed by atoms with Crippen LogP contribution in [0.3, 0.4) is 0 Å². The molecule has 3 atom stereocenters. The molecule has 1 nitrogen and oxygen atoms in total. The monoisotopic (exact) mass is 231 g/mol. The van der Waals surface area contributed by atoms with Crippen molar-refractivity contribution >= 4 is 16.9 Å². The van der Waals surface area contributed by atoms with E-state index >= 15 is 0 Å². The summed E-state index contributed by atoms with van der Waals surface area (Å²) < 4.78 is 0. The summed E-state index contributed by atoms with van der Waals surface area (Å²) in [5, 5.41) is 1.33. The van der Waals surface area contributed by atoms with Gasteiger partial charge in [0.05, 0.1) is 0 Å². The van der Waals surface area contributed by atoms with E-state index in [1.165, 1.54) is 24.5 Å². The topological polar surface area (TPSA) is 26.0 Å². The molecule has 0 heterocycles. The van der Waals surface area contributed by atoms with Crippen molar-refractivity contribution in [2.24, 2.45) is 16.6 Å². The van der Waals surface area contributed by atoms with Gasteiger partial charge in [0, 0.05) is 0 Å². The van der Waals surface area contributed by atoms with E-state index < -0.39 is 0 Å². The van der Waals surface area contributed by atoms with Crippen LogP contribution in [-0.2, 0) is 0 Å². The molecular formula is C10H22AsN. The van der Waals surface area contributed by atoms with E-state index in [1.807, 2.05) is 16.9 Å². The zero-order chi connectivity index (χ0) is 9.41. The number of nitrogens with two attached hydrogens (primary N) is 1. The van der Waals surface area contributed by atoms with Crippen LogP contribution in [-0.4, -0.2) is 22.9 Å². The summed E-state index contributed by atoms with van der Waals surface area (Å²) in [6, 6.07) is 0.439. The zero-order valence-corrected chi connectivity index (χ0v) is 11.0. The van der Waals surface area contributed by atoms with Gasteiger partial charge in [-0.1, -0.05) is 0 Å². The molecule has 0 amide bonds. The molecule has 0 bridgehead atoms. The van der Waals surface area contributed by atoms with Crippen molar-refractivity contribution in [3.63, 3.8) is 0 Å². The molecule has 1 fully saturated rings. The summed E-state index contributed by atoms with van der Waals surface area (Å²) in [6.07, 6.45) is 3.79. The van der Waals surface area contributed by atoms with Crippen LogP contribution in [0.25, 0.3) is 0 Å². The standard InChI is InChI=1S/C10H22AsN/c1-9(2)4-8(12)5-10(3,6-9)7-11/h8H,4-7,11-12H2,1-3H3. The van der Waals surface area contributed by atoms with Crippen LogP contribution >= 0.6 is 0 Å². The van der Waals surface area contributed by atoms with Gasteiger partial charge in [-0.3, -0.25) is 0 Å². The third-order valence-electron chi connectivity index (χ3n) is 2.97. The van der Waals surface area contributed by atoms with Crippen molar-refractivity contribution in [2.75, 3.05) is 0 Å². The second-order valence-corrected chi connectivity index (χ2v) is 6.38. The molecule has 0 aromatic carbocycles. The first-order valence-electron chi connectivity index (χ1n) is 4.83. The van der Waals surface area contributed by atoms with E-state index in [9.17, 15) is 0 Å². The van der Waals surface area contributed by atoms with Gasteiger partial charge >= 0.3 is 84.7 Å². The summed E-state index contributed by atoms with van der Waals surface area (Å²) in [4.78, 5) is 0. The second-order valence-electron chi connectivity index (χ2n) is 5.52. The van der Waals surface area contributed by atoms with Gasteiger partial charge in [0.2, 0.25) is 0 Å². The first kappa shape index (κ1) is 10.6. The van der Waals surface area contributed by atoms with Gasteiger partial charge in [-0.2, -0.15) is 0 Å². The van der Waals surface area contributed by atoms with Crippen molar-refractivity contribution < 1.29 is 0 Å². The van der Waals surface area contributed by atoms with Crippen LogP contribution in [0.4, 0.5) is 0 Å². The van der Waals surface area contributed by atoms with E-state index in [1.54, 1.807) is 0 Å². The van der Waals surface area contributed by atoms with Crippen LogP contribution in [0, 0.1) is 10.8 Å². The molecule has 0 aliphatic heterocycles. The van der Waals surface area contributed by atoms with Gasteiger partial charge in [-0.15, -0.1) is 0 Å². The zero-order valence-electron chi connectivity index (χ0n) is 8.56. The molecule has 2 heteroatoms. The Morgan fingerprint density at radius 3 is 2.33 bits per heavy atom. The Labute approximate surface area is 85.0 Å². The summed E-state index contributed by atoms with van der Waals surface area (Å²) in [7, 11) is 0. The predicted octanol–water partition coefficient (Wildman–Crippen LogP) is 1.58. The molecule has 1 saturated carbocycles. The van der Waals surface area contributed by atoms with Crippen molar-refractivity contribution in [2.45, 2.75) is 51.3 Å². The van der Waals surface area contributed by atoms with E-state index in [-0.39, 0.29) is 0 Å². The first-order chi connectivity index (χ1) is 5.37. The van der Waals surface area contributed by atoms with Gasteiger partial charge in [-0.25, -0.2) is 0 Å². The van der Waals surface area contributed by atoms with Crippen LogP contribution in [0.5, 0.6) is 0 Å². The van der Waals surface area contributed by atoms with Gasteiger partial charge in [0.15, 0.2) is 0 Å². The maximum absolute atomic E-state index is 6.07. The van der Waals surface area contributed by atoms with E-state index in [4.69, 9.17) is 5.73 Å². The van der Waals surface area contributed by atoms with Crippen LogP contribution in [0.1, 0.15) is 40.0 Å². The fourth-order valence-corrected chi connectivity index (χ4v) is 3.52. The van der Waals surface area contributed by atoms with E-state index in [0.29, 0.717) is 16.9 Å². The maximum atomic E-state index is 6.07. The van der Waals surface area contributed by atoms with Gasteiger partial charge in [-0.05, 0) is 0 Å². The van der Waals surface area contributed by atoms with Crippen LogP contribution in [0.2, 0.25) is 5.21 Å². The molecule has 0 radical (unpaired) electrons. The molecule has 3 unspecified atom stereocenters. The van der Waals surface area contributed by atoms with Gasteiger partial charge in [0.25, 0.3) is 0 Å². The Hall–Kier alpha value is 0.518. The van der Waals surface area contributed by atoms with Crippen molar-refractivity contribution in [1.29, 1.82) is 0 Å². The third kappa shape index (κ3) is 2.50. The van der Waals surface area contributed by atoms with E-state index in [0.717, 1.165) is 0 Å². The van der Waals surface area contributed by atoms with Crippen molar-refractivity contribution in [3.05, 3.63) is 0 Å². The quantitative estimate of drug-likeness (QED) is 0.681. The second kappa shape index (κ2) is 3.35. The fraction of sp³-hybridized carbons (Fsp3) is 1.00. The molecule has 0 aromatic heterocycles. The van der Waals surface area contributed by atoms with Crippen LogP contribution in [0.15, 0.2) is 0 Å². The summed E-state index contributed by atoms with van der Waals surface area (Å²) in [5.74, 6) is 0. The normalized spacial score (nSPS) is 41.2. The Balaban J connectivity index is 2.70. The molecule has 1 rings (SSSR count). The average molecular weight is 231 g/mol. The Morgan fingerprint density at radius 1 is 1.33 bits per heavy atom. The molecule has 1 aliphatic carbocycles. The summed E-state index contributed by atoms with van der Waals surface area (Å²) in [5.41, 5.74) is 7.07. The minimum atomic E-state index is 0.439. The first-order valence-corrected chi connectivity index (χ1v) is 6.54. The molecule has 12 heavy (non-hydrogen) atoms. The number of hydrogen-bond acceptors (Lipinski definition) is 1. The average Bonchev–Trinajstić information content (AvgIpc) is 1.82. The molecule has 72 valence electrons. The Morgan fingerprint density at radius 2 is 1.92 bits per heavy atom. The van der Waals surface area contributed by atoms with Crippen molar-refractivity contribution in [3.8, 4) is 0 Å². The van der Waals surface area contributed by atoms with Crippen LogP contribution < -0.4 is 5.73 Å². The van der Waals surface area contributed by atoms with Gasteiger partial charge < -0.3 is 0 Å². The summed E-state index contributed by atoms with van der Waals surface area (Å²) in [6.45, 7) is 7.11. The molecule has 0 saturated heterocycles. The number of hydrogen-bond donors (Lipinski definition) is 1. The minimum absolute atomic E-state index is 0.439. The molecular weight excluding hydrogens is 209 g/mol. The van der Waals surface area contributed by atoms with Crippen molar-refractivity contribution in [1.82, 2.24) is 0 Å². The number of rotatable bonds is 1. The molecule has 2 N–H and O–H groups in total. The summed E-state index contributed by atoms with van der Waals surface area (Å²) >= 11 is 1.85. The SMILES string of the molecule is CC1(C)CC(N)CC(C)(C[AsH2])C1. The molecule has 1 aliphatic rings. The third-order valence-corrected chi connectivity index (χ3v) is 5.04. The molecule has 0 aromatic rings. The Bertz CT molecular complexity index is 167. The van der Waals surface area contributed by atoms with Gasteiger partial charge in [0.1, 0.15) is 0 Å². The fourth-order valence-electron chi connectivity index (χ4n) is 2.87. The molecule has 0 spiro atoms. The predicted molar refractivity (Wildman–Crippen MR) is 57.1 cm³/mol.